The molecule has 3 rings (SSSR count). The van der Waals surface area contributed by atoms with Gasteiger partial charge in [0.2, 0.25) is 0 Å². The van der Waals surface area contributed by atoms with Gasteiger partial charge in [0.05, 0.1) is 5.56 Å². The maximum absolute atomic E-state index is 12.6. The van der Waals surface area contributed by atoms with Crippen molar-refractivity contribution in [2.24, 2.45) is 0 Å². The van der Waals surface area contributed by atoms with Crippen LogP contribution < -0.4 is 5.32 Å². The van der Waals surface area contributed by atoms with Crippen molar-refractivity contribution < 1.29 is 4.79 Å². The standard InChI is InChI=1S/C16H22BrN3O.ClH/c1-12-2-3-14(15(17)10-12)16(21)20-8-6-19(7-9-20)13-4-5-18-11-13;/h2-3,10,13,18H,4-9,11H2,1H3;1H. The number of rotatable bonds is 2. The van der Waals surface area contributed by atoms with Gasteiger partial charge >= 0.3 is 0 Å². The van der Waals surface area contributed by atoms with Crippen LogP contribution >= 0.6 is 28.3 Å². The summed E-state index contributed by atoms with van der Waals surface area (Å²) in [4.78, 5) is 17.1. The molecule has 2 saturated heterocycles. The molecule has 6 heteroatoms. The van der Waals surface area contributed by atoms with E-state index in [9.17, 15) is 4.79 Å². The summed E-state index contributed by atoms with van der Waals surface area (Å²) in [7, 11) is 0. The number of halogens is 2. The molecule has 122 valence electrons. The summed E-state index contributed by atoms with van der Waals surface area (Å²) < 4.78 is 0.898. The van der Waals surface area contributed by atoms with E-state index in [1.54, 1.807) is 0 Å². The summed E-state index contributed by atoms with van der Waals surface area (Å²) in [6.07, 6.45) is 1.23. The van der Waals surface area contributed by atoms with Crippen molar-refractivity contribution in [2.45, 2.75) is 19.4 Å². The summed E-state index contributed by atoms with van der Waals surface area (Å²) in [6, 6.07) is 6.59. The van der Waals surface area contributed by atoms with Crippen LogP contribution in [0.1, 0.15) is 22.3 Å². The van der Waals surface area contributed by atoms with Crippen LogP contribution in [0.2, 0.25) is 0 Å². The molecule has 4 nitrogen and oxygen atoms in total. The van der Waals surface area contributed by atoms with E-state index in [1.807, 2.05) is 30.0 Å². The zero-order valence-electron chi connectivity index (χ0n) is 12.8. The highest BCUT2D eigenvalue weighted by atomic mass is 79.9. The van der Waals surface area contributed by atoms with Crippen LogP contribution in [-0.2, 0) is 0 Å². The summed E-state index contributed by atoms with van der Waals surface area (Å²) in [5.41, 5.74) is 1.94. The number of nitrogens with one attached hydrogen (secondary N) is 1. The maximum atomic E-state index is 12.6. The number of aryl methyl sites for hydroxylation is 1. The molecule has 1 aromatic carbocycles. The molecule has 22 heavy (non-hydrogen) atoms. The van der Waals surface area contributed by atoms with E-state index in [0.29, 0.717) is 6.04 Å². The Hall–Kier alpha value is -0.620. The number of benzene rings is 1. The quantitative estimate of drug-likeness (QED) is 0.844. The number of nitrogens with zero attached hydrogens (tertiary/aromatic N) is 2. The summed E-state index contributed by atoms with van der Waals surface area (Å²) in [5.74, 6) is 0.145. The fourth-order valence-corrected chi connectivity index (χ4v) is 3.87. The normalized spacial score (nSPS) is 22.5. The smallest absolute Gasteiger partial charge is 0.255 e. The Bertz CT molecular complexity index is 526. The van der Waals surface area contributed by atoms with Crippen LogP contribution in [0.25, 0.3) is 0 Å². The lowest BCUT2D eigenvalue weighted by atomic mass is 10.1. The Balaban J connectivity index is 0.00000176. The number of carbonyl (C=O) groups excluding carboxylic acids is 1. The topological polar surface area (TPSA) is 35.6 Å². The summed E-state index contributed by atoms with van der Waals surface area (Å²) in [5, 5.41) is 3.41. The second-order valence-corrected chi connectivity index (χ2v) is 6.81. The van der Waals surface area contributed by atoms with Gasteiger partial charge in [0, 0.05) is 43.2 Å². The van der Waals surface area contributed by atoms with Crippen molar-refractivity contribution in [3.63, 3.8) is 0 Å². The molecule has 0 aliphatic carbocycles. The molecule has 1 N–H and O–H groups in total. The van der Waals surface area contributed by atoms with Gasteiger partial charge < -0.3 is 10.2 Å². The first kappa shape index (κ1) is 17.7. The third-order valence-electron chi connectivity index (χ3n) is 4.51. The van der Waals surface area contributed by atoms with Crippen molar-refractivity contribution in [1.82, 2.24) is 15.1 Å². The van der Waals surface area contributed by atoms with E-state index >= 15 is 0 Å². The average Bonchev–Trinajstić information content (AvgIpc) is 3.01. The first-order chi connectivity index (χ1) is 10.1. The minimum Gasteiger partial charge on any atom is -0.336 e. The zero-order valence-corrected chi connectivity index (χ0v) is 15.3. The Morgan fingerprint density at radius 2 is 2.00 bits per heavy atom. The fourth-order valence-electron chi connectivity index (χ4n) is 3.21. The second kappa shape index (κ2) is 7.77. The number of amides is 1. The van der Waals surface area contributed by atoms with Gasteiger partial charge in [-0.3, -0.25) is 9.69 Å². The van der Waals surface area contributed by atoms with E-state index in [0.717, 1.165) is 54.9 Å². The molecule has 1 aromatic rings. The highest BCUT2D eigenvalue weighted by Crippen LogP contribution is 2.21. The molecule has 1 atom stereocenters. The number of carbonyl (C=O) groups is 1. The monoisotopic (exact) mass is 387 g/mol. The van der Waals surface area contributed by atoms with Crippen molar-refractivity contribution in [1.29, 1.82) is 0 Å². The molecule has 2 fully saturated rings. The van der Waals surface area contributed by atoms with E-state index in [4.69, 9.17) is 0 Å². The highest BCUT2D eigenvalue weighted by molar-refractivity contribution is 9.10. The molecule has 0 aromatic heterocycles. The molecule has 1 amide bonds. The molecular formula is C16H23BrClN3O. The van der Waals surface area contributed by atoms with Gasteiger partial charge in [-0.05, 0) is 53.5 Å². The summed E-state index contributed by atoms with van der Waals surface area (Å²) >= 11 is 3.51. The zero-order chi connectivity index (χ0) is 14.8. The molecular weight excluding hydrogens is 366 g/mol. The van der Waals surface area contributed by atoms with Crippen LogP contribution in [-0.4, -0.2) is 61.0 Å². The molecule has 0 saturated carbocycles. The van der Waals surface area contributed by atoms with Gasteiger partial charge in [-0.1, -0.05) is 6.07 Å². The highest BCUT2D eigenvalue weighted by Gasteiger charge is 2.28. The molecule has 0 radical (unpaired) electrons. The first-order valence-electron chi connectivity index (χ1n) is 7.65. The SMILES string of the molecule is Cc1ccc(C(=O)N2CCN(C3CCNC3)CC2)c(Br)c1.Cl. The van der Waals surface area contributed by atoms with E-state index in [-0.39, 0.29) is 18.3 Å². The Labute approximate surface area is 146 Å². The van der Waals surface area contributed by atoms with Crippen molar-refractivity contribution in [3.05, 3.63) is 33.8 Å². The maximum Gasteiger partial charge on any atom is 0.255 e. The van der Waals surface area contributed by atoms with Crippen LogP contribution in [0, 0.1) is 6.92 Å². The van der Waals surface area contributed by atoms with E-state index < -0.39 is 0 Å². The molecule has 1 unspecified atom stereocenters. The second-order valence-electron chi connectivity index (χ2n) is 5.96. The molecule has 0 bridgehead atoms. The third kappa shape index (κ3) is 3.82. The number of piperazine rings is 1. The predicted molar refractivity (Wildman–Crippen MR) is 94.9 cm³/mol. The van der Waals surface area contributed by atoms with Gasteiger partial charge in [-0.25, -0.2) is 0 Å². The Morgan fingerprint density at radius 1 is 1.27 bits per heavy atom. The molecule has 0 spiro atoms. The predicted octanol–water partition coefficient (Wildman–Crippen LogP) is 2.30. The lowest BCUT2D eigenvalue weighted by molar-refractivity contribution is 0.0583. The van der Waals surface area contributed by atoms with Crippen LogP contribution in [0.5, 0.6) is 0 Å². The fraction of sp³-hybridized carbons (Fsp3) is 0.562. The van der Waals surface area contributed by atoms with Crippen molar-refractivity contribution >= 4 is 34.2 Å². The van der Waals surface area contributed by atoms with Crippen LogP contribution in [0.3, 0.4) is 0 Å². The first-order valence-corrected chi connectivity index (χ1v) is 8.44. The van der Waals surface area contributed by atoms with Crippen molar-refractivity contribution in [3.8, 4) is 0 Å². The van der Waals surface area contributed by atoms with E-state index in [2.05, 4.69) is 26.1 Å². The lowest BCUT2D eigenvalue weighted by Crippen LogP contribution is -2.52. The van der Waals surface area contributed by atoms with E-state index in [1.165, 1.54) is 6.42 Å². The molecule has 2 aliphatic rings. The van der Waals surface area contributed by atoms with Crippen LogP contribution in [0.15, 0.2) is 22.7 Å². The minimum atomic E-state index is 0. The van der Waals surface area contributed by atoms with Gasteiger partial charge in [-0.2, -0.15) is 0 Å². The van der Waals surface area contributed by atoms with Gasteiger partial charge in [0.25, 0.3) is 5.91 Å². The van der Waals surface area contributed by atoms with Gasteiger partial charge in [0.1, 0.15) is 0 Å². The Kier molecular flexibility index (Phi) is 6.26. The van der Waals surface area contributed by atoms with Crippen LogP contribution in [0.4, 0.5) is 0 Å². The Morgan fingerprint density at radius 3 is 2.59 bits per heavy atom. The average molecular weight is 389 g/mol. The number of hydrogen-bond donors (Lipinski definition) is 1. The van der Waals surface area contributed by atoms with Gasteiger partial charge in [-0.15, -0.1) is 12.4 Å². The van der Waals surface area contributed by atoms with Crippen molar-refractivity contribution in [2.75, 3.05) is 39.3 Å². The third-order valence-corrected chi connectivity index (χ3v) is 5.16. The minimum absolute atomic E-state index is 0. The summed E-state index contributed by atoms with van der Waals surface area (Å²) in [6.45, 7) is 7.89. The number of hydrogen-bond acceptors (Lipinski definition) is 3. The van der Waals surface area contributed by atoms with Gasteiger partial charge in [0.15, 0.2) is 0 Å². The largest absolute Gasteiger partial charge is 0.336 e. The molecule has 2 aliphatic heterocycles. The molecule has 2 heterocycles. The lowest BCUT2D eigenvalue weighted by Gasteiger charge is -2.37.